The average molecular weight is 221 g/mol. The van der Waals surface area contributed by atoms with Gasteiger partial charge in [0.25, 0.3) is 0 Å². The van der Waals surface area contributed by atoms with Gasteiger partial charge in [0.05, 0.1) is 18.1 Å². The topological polar surface area (TPSA) is 63.8 Å². The van der Waals surface area contributed by atoms with Crippen LogP contribution in [-0.4, -0.2) is 9.97 Å². The van der Waals surface area contributed by atoms with Crippen molar-refractivity contribution in [3.63, 3.8) is 0 Å². The highest BCUT2D eigenvalue weighted by molar-refractivity contribution is 6.30. The van der Waals surface area contributed by atoms with Crippen molar-refractivity contribution in [1.29, 1.82) is 0 Å². The Hall–Kier alpha value is -1.81. The number of halogens is 1. The monoisotopic (exact) mass is 220 g/mol. The Balaban J connectivity index is 2.18. The normalized spacial score (nSPS) is 9.93. The highest BCUT2D eigenvalue weighted by Gasteiger charge is 1.97. The second-order valence-electron chi connectivity index (χ2n) is 2.98. The molecule has 4 nitrogen and oxygen atoms in total. The Kier molecular flexibility index (Phi) is 2.69. The molecule has 76 valence electrons. The molecular weight excluding hydrogens is 212 g/mol. The molecule has 1 aromatic heterocycles. The molecule has 5 heteroatoms. The molecule has 0 fully saturated rings. The Labute approximate surface area is 92.1 Å². The Morgan fingerprint density at radius 3 is 2.60 bits per heavy atom. The van der Waals surface area contributed by atoms with Crippen LogP contribution < -0.4 is 11.1 Å². The first kappa shape index (κ1) is 9.73. The third-order valence-corrected chi connectivity index (χ3v) is 1.99. The third kappa shape index (κ3) is 2.57. The largest absolute Gasteiger partial charge is 0.396 e. The van der Waals surface area contributed by atoms with Gasteiger partial charge in [0, 0.05) is 10.7 Å². The number of hydrogen-bond donors (Lipinski definition) is 2. The third-order valence-electron chi connectivity index (χ3n) is 1.75. The molecule has 0 bridgehead atoms. The zero-order chi connectivity index (χ0) is 10.7. The molecule has 0 saturated carbocycles. The maximum absolute atomic E-state index is 5.84. The summed E-state index contributed by atoms with van der Waals surface area (Å²) >= 11 is 5.84. The van der Waals surface area contributed by atoms with Crippen LogP contribution in [0.1, 0.15) is 0 Å². The van der Waals surface area contributed by atoms with E-state index in [1.807, 2.05) is 12.1 Å². The summed E-state index contributed by atoms with van der Waals surface area (Å²) in [5, 5.41) is 3.67. The summed E-state index contributed by atoms with van der Waals surface area (Å²) < 4.78 is 0. The lowest BCUT2D eigenvalue weighted by Crippen LogP contribution is -1.97. The molecule has 0 aliphatic heterocycles. The molecule has 3 N–H and O–H groups in total. The van der Waals surface area contributed by atoms with E-state index >= 15 is 0 Å². The predicted octanol–water partition coefficient (Wildman–Crippen LogP) is 2.46. The number of hydrogen-bond acceptors (Lipinski definition) is 4. The summed E-state index contributed by atoms with van der Waals surface area (Å²) in [5.41, 5.74) is 6.84. The summed E-state index contributed by atoms with van der Waals surface area (Å²) in [7, 11) is 0. The van der Waals surface area contributed by atoms with Crippen molar-refractivity contribution in [3.8, 4) is 0 Å². The lowest BCUT2D eigenvalue weighted by atomic mass is 10.3. The Morgan fingerprint density at radius 2 is 1.93 bits per heavy atom. The number of aromatic nitrogens is 2. The highest BCUT2D eigenvalue weighted by Crippen LogP contribution is 2.17. The van der Waals surface area contributed by atoms with E-state index < -0.39 is 0 Å². The van der Waals surface area contributed by atoms with Crippen molar-refractivity contribution < 1.29 is 0 Å². The summed E-state index contributed by atoms with van der Waals surface area (Å²) in [4.78, 5) is 8.03. The number of anilines is 3. The zero-order valence-corrected chi connectivity index (χ0v) is 8.57. The van der Waals surface area contributed by atoms with Crippen LogP contribution in [0, 0.1) is 0 Å². The van der Waals surface area contributed by atoms with Gasteiger partial charge < -0.3 is 11.1 Å². The number of nitrogens with two attached hydrogens (primary N) is 1. The van der Waals surface area contributed by atoms with Crippen molar-refractivity contribution in [2.45, 2.75) is 0 Å². The molecule has 0 unspecified atom stereocenters. The van der Waals surface area contributed by atoms with E-state index in [4.69, 9.17) is 17.3 Å². The second kappa shape index (κ2) is 4.14. The Morgan fingerprint density at radius 1 is 1.20 bits per heavy atom. The molecule has 2 rings (SSSR count). The van der Waals surface area contributed by atoms with Crippen LogP contribution in [0.4, 0.5) is 17.3 Å². The van der Waals surface area contributed by atoms with Crippen molar-refractivity contribution in [1.82, 2.24) is 9.97 Å². The molecule has 0 aliphatic rings. The quantitative estimate of drug-likeness (QED) is 0.816. The summed E-state index contributed by atoms with van der Waals surface area (Å²) in [6.07, 6.45) is 3.08. The first-order valence-electron chi connectivity index (χ1n) is 4.34. The minimum absolute atomic E-state index is 0.492. The van der Waals surface area contributed by atoms with Crippen molar-refractivity contribution in [2.24, 2.45) is 0 Å². The standard InChI is InChI=1S/C10H9ClN4/c11-7-2-1-3-9(4-7)15-10-13-5-8(12)6-14-10/h1-6H,12H2,(H,13,14,15). The van der Waals surface area contributed by atoms with E-state index in [1.165, 1.54) is 0 Å². The van der Waals surface area contributed by atoms with E-state index in [-0.39, 0.29) is 0 Å². The number of nitrogens with zero attached hydrogens (tertiary/aromatic N) is 2. The van der Waals surface area contributed by atoms with E-state index in [1.54, 1.807) is 24.5 Å². The molecular formula is C10H9ClN4. The van der Waals surface area contributed by atoms with Gasteiger partial charge in [0.15, 0.2) is 0 Å². The van der Waals surface area contributed by atoms with Gasteiger partial charge in [-0.1, -0.05) is 17.7 Å². The number of nitrogen functional groups attached to an aromatic ring is 1. The number of rotatable bonds is 2. The van der Waals surface area contributed by atoms with Gasteiger partial charge in [-0.2, -0.15) is 0 Å². The van der Waals surface area contributed by atoms with Gasteiger partial charge in [-0.25, -0.2) is 9.97 Å². The molecule has 15 heavy (non-hydrogen) atoms. The van der Waals surface area contributed by atoms with E-state index in [9.17, 15) is 0 Å². The van der Waals surface area contributed by atoms with Gasteiger partial charge >= 0.3 is 0 Å². The maximum atomic E-state index is 5.84. The molecule has 0 radical (unpaired) electrons. The molecule has 1 aromatic carbocycles. The SMILES string of the molecule is Nc1cnc(Nc2cccc(Cl)c2)nc1. The molecule has 0 amide bonds. The van der Waals surface area contributed by atoms with Crippen LogP contribution in [0.3, 0.4) is 0 Å². The smallest absolute Gasteiger partial charge is 0.227 e. The number of nitrogens with one attached hydrogen (secondary N) is 1. The van der Waals surface area contributed by atoms with Crippen LogP contribution in [0.25, 0.3) is 0 Å². The fraction of sp³-hybridized carbons (Fsp3) is 0. The molecule has 0 spiro atoms. The van der Waals surface area contributed by atoms with Gasteiger partial charge in [0.2, 0.25) is 5.95 Å². The first-order valence-corrected chi connectivity index (χ1v) is 4.72. The first-order chi connectivity index (χ1) is 7.24. The molecule has 0 saturated heterocycles. The average Bonchev–Trinajstić information content (AvgIpc) is 2.22. The molecule has 2 aromatic rings. The maximum Gasteiger partial charge on any atom is 0.227 e. The number of benzene rings is 1. The van der Waals surface area contributed by atoms with Gasteiger partial charge in [0.1, 0.15) is 0 Å². The van der Waals surface area contributed by atoms with Crippen molar-refractivity contribution in [2.75, 3.05) is 11.1 Å². The molecule has 1 heterocycles. The highest BCUT2D eigenvalue weighted by atomic mass is 35.5. The van der Waals surface area contributed by atoms with Crippen LogP contribution in [0.5, 0.6) is 0 Å². The zero-order valence-electron chi connectivity index (χ0n) is 7.81. The molecule has 0 atom stereocenters. The fourth-order valence-electron chi connectivity index (χ4n) is 1.10. The van der Waals surface area contributed by atoms with Crippen LogP contribution >= 0.6 is 11.6 Å². The van der Waals surface area contributed by atoms with Gasteiger partial charge in [-0.15, -0.1) is 0 Å². The van der Waals surface area contributed by atoms with Crippen LogP contribution in [0.15, 0.2) is 36.7 Å². The molecule has 0 aliphatic carbocycles. The van der Waals surface area contributed by atoms with Gasteiger partial charge in [-0.3, -0.25) is 0 Å². The van der Waals surface area contributed by atoms with E-state index in [0.29, 0.717) is 16.7 Å². The minimum Gasteiger partial charge on any atom is -0.396 e. The van der Waals surface area contributed by atoms with Crippen molar-refractivity contribution >= 4 is 28.9 Å². The van der Waals surface area contributed by atoms with Gasteiger partial charge in [-0.05, 0) is 18.2 Å². The van der Waals surface area contributed by atoms with E-state index in [2.05, 4.69) is 15.3 Å². The summed E-state index contributed by atoms with van der Waals surface area (Å²) in [5.74, 6) is 0.492. The lowest BCUT2D eigenvalue weighted by molar-refractivity contribution is 1.17. The van der Waals surface area contributed by atoms with E-state index in [0.717, 1.165) is 5.69 Å². The van der Waals surface area contributed by atoms with Crippen molar-refractivity contribution in [3.05, 3.63) is 41.7 Å². The van der Waals surface area contributed by atoms with Crippen LogP contribution in [0.2, 0.25) is 5.02 Å². The fourth-order valence-corrected chi connectivity index (χ4v) is 1.29. The Bertz CT molecular complexity index is 455. The van der Waals surface area contributed by atoms with Crippen LogP contribution in [-0.2, 0) is 0 Å². The predicted molar refractivity (Wildman–Crippen MR) is 61.2 cm³/mol. The second-order valence-corrected chi connectivity index (χ2v) is 3.41. The summed E-state index contributed by atoms with van der Waals surface area (Å²) in [6, 6.07) is 7.32. The lowest BCUT2D eigenvalue weighted by Gasteiger charge is -2.04. The summed E-state index contributed by atoms with van der Waals surface area (Å²) in [6.45, 7) is 0. The minimum atomic E-state index is 0.492.